The zero-order valence-electron chi connectivity index (χ0n) is 15.3. The van der Waals surface area contributed by atoms with E-state index in [2.05, 4.69) is 53.8 Å². The highest BCUT2D eigenvalue weighted by Gasteiger charge is 2.35. The normalized spacial score (nSPS) is 23.5. The molecule has 0 aromatic carbocycles. The van der Waals surface area contributed by atoms with E-state index in [1.54, 1.807) is 0 Å². The molecule has 2 rings (SSSR count). The second-order valence-electron chi connectivity index (χ2n) is 8.58. The van der Waals surface area contributed by atoms with Crippen LogP contribution in [0.3, 0.4) is 0 Å². The van der Waals surface area contributed by atoms with Gasteiger partial charge in [-0.3, -0.25) is 0 Å². The van der Waals surface area contributed by atoms with Crippen LogP contribution in [0.4, 0.5) is 5.82 Å². The van der Waals surface area contributed by atoms with Crippen LogP contribution in [0.15, 0.2) is 6.07 Å². The average Bonchev–Trinajstić information content (AvgIpc) is 2.94. The van der Waals surface area contributed by atoms with E-state index in [-0.39, 0.29) is 5.54 Å². The molecule has 2 N–H and O–H groups in total. The number of hydrogen-bond acceptors (Lipinski definition) is 3. The largest absolute Gasteiger partial charge is 0.414 e. The first-order chi connectivity index (χ1) is 10.0. The van der Waals surface area contributed by atoms with E-state index in [1.807, 2.05) is 4.68 Å². The highest BCUT2D eigenvalue weighted by molar-refractivity contribution is 6.72. The highest BCUT2D eigenvalue weighted by Crippen LogP contribution is 2.39. The van der Waals surface area contributed by atoms with Gasteiger partial charge in [-0.2, -0.15) is 5.10 Å². The Morgan fingerprint density at radius 2 is 1.95 bits per heavy atom. The van der Waals surface area contributed by atoms with Gasteiger partial charge in [0.2, 0.25) is 0 Å². The zero-order valence-corrected chi connectivity index (χ0v) is 16.3. The minimum absolute atomic E-state index is 0.0661. The fraction of sp³-hybridized carbons (Fsp3) is 0.824. The molecule has 126 valence electrons. The smallest absolute Gasteiger partial charge is 0.189 e. The Labute approximate surface area is 136 Å². The van der Waals surface area contributed by atoms with Crippen molar-refractivity contribution in [3.63, 3.8) is 0 Å². The topological polar surface area (TPSA) is 53.1 Å². The Bertz CT molecular complexity index is 516. The molecule has 1 saturated carbocycles. The second-order valence-corrected chi connectivity index (χ2v) is 13.2. The summed E-state index contributed by atoms with van der Waals surface area (Å²) >= 11 is 0. The van der Waals surface area contributed by atoms with Crippen molar-refractivity contribution in [2.24, 2.45) is 0 Å². The van der Waals surface area contributed by atoms with Crippen LogP contribution in [0, 0.1) is 0 Å². The molecule has 0 spiro atoms. The summed E-state index contributed by atoms with van der Waals surface area (Å²) in [6.07, 6.45) is 3.79. The molecular formula is C17H33N3OSi. The van der Waals surface area contributed by atoms with E-state index in [9.17, 15) is 0 Å². The molecule has 1 fully saturated rings. The van der Waals surface area contributed by atoms with Crippen LogP contribution in [-0.2, 0) is 9.96 Å². The van der Waals surface area contributed by atoms with Gasteiger partial charge in [-0.15, -0.1) is 0 Å². The molecule has 22 heavy (non-hydrogen) atoms. The van der Waals surface area contributed by atoms with Crippen molar-refractivity contribution in [2.45, 2.75) is 90.1 Å². The molecule has 1 aliphatic carbocycles. The van der Waals surface area contributed by atoms with Crippen molar-refractivity contribution in [3.05, 3.63) is 11.8 Å². The van der Waals surface area contributed by atoms with Crippen LogP contribution in [0.5, 0.6) is 0 Å². The second kappa shape index (κ2) is 6.00. The van der Waals surface area contributed by atoms with E-state index < -0.39 is 8.32 Å². The Balaban J connectivity index is 2.05. The Morgan fingerprint density at radius 3 is 2.45 bits per heavy atom. The zero-order chi connectivity index (χ0) is 16.7. The molecule has 1 aliphatic rings. The van der Waals surface area contributed by atoms with E-state index in [1.165, 1.54) is 0 Å². The summed E-state index contributed by atoms with van der Waals surface area (Å²) in [4.78, 5) is 0. The Hall–Kier alpha value is -0.813. The van der Waals surface area contributed by atoms with E-state index in [4.69, 9.17) is 15.3 Å². The Morgan fingerprint density at radius 1 is 1.32 bits per heavy atom. The van der Waals surface area contributed by atoms with Gasteiger partial charge >= 0.3 is 0 Å². The summed E-state index contributed by atoms with van der Waals surface area (Å²) in [6, 6.07) is 2.06. The molecule has 1 aromatic rings. The van der Waals surface area contributed by atoms with Crippen molar-refractivity contribution < 1.29 is 4.43 Å². The van der Waals surface area contributed by atoms with Crippen LogP contribution < -0.4 is 5.73 Å². The Kier molecular flexibility index (Phi) is 4.79. The quantitative estimate of drug-likeness (QED) is 0.831. The van der Waals surface area contributed by atoms with Gasteiger partial charge in [0.25, 0.3) is 0 Å². The molecule has 5 heteroatoms. The van der Waals surface area contributed by atoms with Crippen molar-refractivity contribution in [1.82, 2.24) is 9.78 Å². The number of nitrogen functional groups attached to an aromatic ring is 1. The highest BCUT2D eigenvalue weighted by atomic mass is 28.4. The summed E-state index contributed by atoms with van der Waals surface area (Å²) in [5.41, 5.74) is 7.88. The molecule has 0 bridgehead atoms. The van der Waals surface area contributed by atoms with Crippen molar-refractivity contribution in [3.8, 4) is 0 Å². The maximum atomic E-state index is 6.49. The third kappa shape index (κ3) is 3.74. The first kappa shape index (κ1) is 17.5. The number of rotatable bonds is 4. The van der Waals surface area contributed by atoms with Crippen LogP contribution in [0.25, 0.3) is 0 Å². The fourth-order valence-corrected chi connectivity index (χ4v) is 4.38. The lowest BCUT2D eigenvalue weighted by Crippen LogP contribution is -2.37. The molecule has 4 nitrogen and oxygen atoms in total. The maximum Gasteiger partial charge on any atom is 0.189 e. The van der Waals surface area contributed by atoms with E-state index >= 15 is 0 Å². The van der Waals surface area contributed by atoms with Gasteiger partial charge in [-0.05, 0) is 58.7 Å². The summed E-state index contributed by atoms with van der Waals surface area (Å²) in [5.74, 6) is 1.26. The van der Waals surface area contributed by atoms with Crippen molar-refractivity contribution in [1.29, 1.82) is 0 Å². The lowest BCUT2D eigenvalue weighted by molar-refractivity contribution is 0.193. The van der Waals surface area contributed by atoms with E-state index in [0.717, 1.165) is 30.8 Å². The lowest BCUT2D eigenvalue weighted by Gasteiger charge is -2.30. The van der Waals surface area contributed by atoms with Gasteiger partial charge in [0, 0.05) is 18.1 Å². The van der Waals surface area contributed by atoms with Gasteiger partial charge in [0.1, 0.15) is 5.82 Å². The average molecular weight is 324 g/mol. The van der Waals surface area contributed by atoms with Crippen LogP contribution in [0.1, 0.15) is 65.5 Å². The fourth-order valence-electron chi connectivity index (χ4n) is 3.03. The first-order valence-corrected chi connectivity index (χ1v) is 11.5. The molecule has 0 saturated heterocycles. The number of aromatic nitrogens is 2. The van der Waals surface area contributed by atoms with Crippen LogP contribution >= 0.6 is 0 Å². The van der Waals surface area contributed by atoms with Gasteiger partial charge in [0.15, 0.2) is 8.32 Å². The third-order valence-electron chi connectivity index (χ3n) is 5.05. The van der Waals surface area contributed by atoms with Gasteiger partial charge in [0.05, 0.1) is 11.2 Å². The minimum Gasteiger partial charge on any atom is -0.414 e. The molecule has 1 heterocycles. The monoisotopic (exact) mass is 323 g/mol. The molecule has 0 amide bonds. The number of anilines is 1. The summed E-state index contributed by atoms with van der Waals surface area (Å²) < 4.78 is 8.44. The van der Waals surface area contributed by atoms with Gasteiger partial charge in [-0.25, -0.2) is 4.68 Å². The maximum absolute atomic E-state index is 6.49. The molecule has 0 radical (unpaired) electrons. The van der Waals surface area contributed by atoms with Crippen molar-refractivity contribution in [2.75, 3.05) is 5.73 Å². The van der Waals surface area contributed by atoms with Crippen LogP contribution in [0.2, 0.25) is 18.6 Å². The molecule has 0 unspecified atom stereocenters. The summed E-state index contributed by atoms with van der Waals surface area (Å²) in [6.45, 7) is 15.6. The first-order valence-electron chi connectivity index (χ1n) is 8.54. The van der Waals surface area contributed by atoms with Crippen LogP contribution in [-0.4, -0.2) is 24.2 Å². The third-order valence-corrected chi connectivity index (χ3v) is 8.78. The minimum atomic E-state index is -1.56. The predicted octanol–water partition coefficient (Wildman–Crippen LogP) is 4.49. The molecule has 0 aliphatic heterocycles. The van der Waals surface area contributed by atoms with E-state index in [0.29, 0.717) is 17.6 Å². The standard InChI is InChI=1S/C17H33N3OSi/c1-12(2)22(6,7)21-14-9-8-13(10-14)15-11-16(18)20(19-15)17(3,4)5/h11-14H,8-10,18H2,1-7H3/t13-,14+/m0/s1. The molecule has 1 aromatic heterocycles. The summed E-state index contributed by atoms with van der Waals surface area (Å²) in [7, 11) is -1.56. The van der Waals surface area contributed by atoms with Gasteiger partial charge < -0.3 is 10.2 Å². The number of nitrogens with two attached hydrogens (primary N) is 1. The molecular weight excluding hydrogens is 290 g/mol. The SMILES string of the molecule is CC(C)[Si](C)(C)O[C@@H]1CC[C@H](c2cc(N)n(C(C)(C)C)n2)C1. The van der Waals surface area contributed by atoms with Crippen molar-refractivity contribution >= 4 is 14.1 Å². The summed E-state index contributed by atoms with van der Waals surface area (Å²) in [5, 5.41) is 4.78. The lowest BCUT2D eigenvalue weighted by atomic mass is 10.0. The molecule has 2 atom stereocenters. The number of hydrogen-bond donors (Lipinski definition) is 1. The number of nitrogens with zero attached hydrogens (tertiary/aromatic N) is 2. The van der Waals surface area contributed by atoms with Gasteiger partial charge in [-0.1, -0.05) is 13.8 Å². The predicted molar refractivity (Wildman–Crippen MR) is 95.7 cm³/mol.